The van der Waals surface area contributed by atoms with E-state index in [1.54, 1.807) is 6.92 Å². The lowest BCUT2D eigenvalue weighted by atomic mass is 9.46. The summed E-state index contributed by atoms with van der Waals surface area (Å²) < 4.78 is 13.2. The number of carbonyl (C=O) groups excluding carboxylic acids is 2. The van der Waals surface area contributed by atoms with Crippen LogP contribution >= 0.6 is 0 Å². The number of esters is 1. The lowest BCUT2D eigenvalue weighted by Gasteiger charge is -2.59. The summed E-state index contributed by atoms with van der Waals surface area (Å²) in [6.07, 6.45) is 12.7. The van der Waals surface area contributed by atoms with Crippen molar-refractivity contribution < 1.29 is 19.1 Å². The van der Waals surface area contributed by atoms with E-state index >= 15 is 0 Å². The van der Waals surface area contributed by atoms with E-state index in [0.717, 1.165) is 51.5 Å². The highest BCUT2D eigenvalue weighted by molar-refractivity contribution is 5.89. The number of ether oxygens (including phenoxy) is 2. The number of hydrogen-bond acceptors (Lipinski definition) is 4. The summed E-state index contributed by atoms with van der Waals surface area (Å²) in [6.45, 7) is 12.4. The second kappa shape index (κ2) is 9.69. The molecule has 0 bridgehead atoms. The molecule has 6 aliphatic rings. The Morgan fingerprint density at radius 1 is 1.00 bits per heavy atom. The molecule has 0 N–H and O–H groups in total. The number of hydrogen-bond donors (Lipinski definition) is 0. The minimum atomic E-state index is -0.403. The molecule has 1 amide bonds. The van der Waals surface area contributed by atoms with E-state index in [4.69, 9.17) is 9.47 Å². The second-order valence-corrected chi connectivity index (χ2v) is 15.3. The van der Waals surface area contributed by atoms with Gasteiger partial charge in [-0.25, -0.2) is 4.79 Å². The summed E-state index contributed by atoms with van der Waals surface area (Å²) in [6, 6.07) is 9.41. The van der Waals surface area contributed by atoms with Crippen molar-refractivity contribution in [2.75, 3.05) is 6.54 Å². The van der Waals surface area contributed by atoms with Gasteiger partial charge in [-0.15, -0.1) is 0 Å². The Balaban J connectivity index is 1.09. The molecule has 5 heteroatoms. The number of allylic oxidation sites excluding steroid dienone is 1. The highest BCUT2D eigenvalue weighted by atomic mass is 16.5. The van der Waals surface area contributed by atoms with Gasteiger partial charge in [0, 0.05) is 25.8 Å². The first-order valence-electron chi connectivity index (χ1n) is 16.5. The van der Waals surface area contributed by atoms with E-state index in [9.17, 15) is 9.59 Å². The summed E-state index contributed by atoms with van der Waals surface area (Å²) in [7, 11) is 0. The molecule has 5 nitrogen and oxygen atoms in total. The average Bonchev–Trinajstić information content (AvgIpc) is 3.40. The molecule has 1 aromatic rings. The maximum Gasteiger partial charge on any atom is 0.338 e. The third kappa shape index (κ3) is 4.03. The number of fused-ring (bicyclic) bond motifs is 7. The second-order valence-electron chi connectivity index (χ2n) is 15.3. The van der Waals surface area contributed by atoms with Crippen molar-refractivity contribution in [1.82, 2.24) is 4.90 Å². The quantitative estimate of drug-likeness (QED) is 0.280. The zero-order chi connectivity index (χ0) is 28.7. The zero-order valence-corrected chi connectivity index (χ0v) is 25.7. The predicted molar refractivity (Wildman–Crippen MR) is 159 cm³/mol. The zero-order valence-electron chi connectivity index (χ0n) is 25.7. The van der Waals surface area contributed by atoms with Gasteiger partial charge in [-0.05, 0) is 104 Å². The first-order valence-corrected chi connectivity index (χ1v) is 16.5. The average molecular weight is 560 g/mol. The molecule has 5 fully saturated rings. The van der Waals surface area contributed by atoms with Crippen molar-refractivity contribution in [2.45, 2.75) is 110 Å². The van der Waals surface area contributed by atoms with Gasteiger partial charge in [0.05, 0.1) is 11.7 Å². The number of carbonyl (C=O) groups is 2. The van der Waals surface area contributed by atoms with Gasteiger partial charge in [-0.3, -0.25) is 4.79 Å². The normalized spacial score (nSPS) is 46.7. The van der Waals surface area contributed by atoms with Crippen molar-refractivity contribution >= 4 is 11.9 Å². The Bertz CT molecular complexity index is 1240. The van der Waals surface area contributed by atoms with Crippen LogP contribution in [-0.4, -0.2) is 41.3 Å². The molecule has 0 radical (unpaired) electrons. The fourth-order valence-electron chi connectivity index (χ4n) is 11.4. The lowest BCUT2D eigenvalue weighted by molar-refractivity contribution is -0.200. The third-order valence-electron chi connectivity index (χ3n) is 13.4. The van der Waals surface area contributed by atoms with E-state index in [1.165, 1.54) is 18.4 Å². The molecule has 7 rings (SSSR count). The SMILES string of the molecule is CC(=O)N1C[C@@H](C)CC[C@@]12O[C@H]1C[C@@H]3[C@@H]4CC=C5C[C@@H](OC(=O)c6ccccc6)CC[C@]5(C)[C@H]4CC[C@]3(C)[C@@H]1[C@@H]2C. The monoisotopic (exact) mass is 559 g/mol. The number of nitrogens with zero attached hydrogens (tertiary/aromatic N) is 1. The van der Waals surface area contributed by atoms with Crippen molar-refractivity contribution in [3.8, 4) is 0 Å². The molecule has 2 saturated heterocycles. The van der Waals surface area contributed by atoms with Gasteiger partial charge >= 0.3 is 5.97 Å². The Kier molecular flexibility index (Phi) is 6.54. The predicted octanol–water partition coefficient (Wildman–Crippen LogP) is 7.41. The van der Waals surface area contributed by atoms with Crippen LogP contribution in [0.3, 0.4) is 0 Å². The maximum absolute atomic E-state index is 12.9. The van der Waals surface area contributed by atoms with Gasteiger partial charge in [-0.1, -0.05) is 57.5 Å². The number of likely N-dealkylation sites (tertiary alicyclic amines) is 1. The van der Waals surface area contributed by atoms with Crippen LogP contribution < -0.4 is 0 Å². The van der Waals surface area contributed by atoms with E-state index in [-0.39, 0.29) is 34.9 Å². The van der Waals surface area contributed by atoms with E-state index in [2.05, 4.69) is 38.7 Å². The fraction of sp³-hybridized carbons (Fsp3) is 0.722. The molecule has 2 aliphatic heterocycles. The highest BCUT2D eigenvalue weighted by Gasteiger charge is 2.69. The Hall–Kier alpha value is -2.14. The smallest absolute Gasteiger partial charge is 0.338 e. The minimum Gasteiger partial charge on any atom is -0.458 e. The molecule has 0 aromatic heterocycles. The molecule has 0 unspecified atom stereocenters. The van der Waals surface area contributed by atoms with Gasteiger partial charge in [-0.2, -0.15) is 0 Å². The van der Waals surface area contributed by atoms with Crippen LogP contribution in [0.15, 0.2) is 42.0 Å². The standard InChI is InChI=1S/C36H49NO4/c1-22-13-18-36(37(21-22)24(3)38)23(2)32-31(41-36)20-30-28-12-11-26-19-27(40-33(39)25-9-7-6-8-10-25)14-16-34(26,4)29(28)15-17-35(30,32)5/h6-11,22-23,27-32H,12-21H2,1-5H3/t22-,23-,27-,28+,29-,30+,31-,32+,34-,35-,36-/m0/s1. The Labute approximate surface area is 246 Å². The number of rotatable bonds is 2. The lowest BCUT2D eigenvalue weighted by Crippen LogP contribution is -2.60. The molecule has 1 spiro atoms. The summed E-state index contributed by atoms with van der Waals surface area (Å²) in [5, 5.41) is 0. The van der Waals surface area contributed by atoms with Crippen LogP contribution in [-0.2, 0) is 14.3 Å². The number of amides is 1. The molecular formula is C36H49NO4. The van der Waals surface area contributed by atoms with E-state index in [1.807, 2.05) is 30.3 Å². The largest absolute Gasteiger partial charge is 0.458 e. The van der Waals surface area contributed by atoms with Crippen LogP contribution in [0.2, 0.25) is 0 Å². The molecule has 1 aromatic carbocycles. The molecule has 3 saturated carbocycles. The van der Waals surface area contributed by atoms with Crippen molar-refractivity contribution in [2.24, 2.45) is 46.3 Å². The summed E-state index contributed by atoms with van der Waals surface area (Å²) >= 11 is 0. The van der Waals surface area contributed by atoms with Crippen LogP contribution in [0.4, 0.5) is 0 Å². The van der Waals surface area contributed by atoms with Crippen LogP contribution in [0.25, 0.3) is 0 Å². The van der Waals surface area contributed by atoms with Gasteiger partial charge < -0.3 is 14.4 Å². The Morgan fingerprint density at radius 2 is 1.78 bits per heavy atom. The highest BCUT2D eigenvalue weighted by Crippen LogP contribution is 2.70. The van der Waals surface area contributed by atoms with Crippen LogP contribution in [0.1, 0.15) is 103 Å². The summed E-state index contributed by atoms with van der Waals surface area (Å²) in [4.78, 5) is 27.7. The van der Waals surface area contributed by atoms with Gasteiger partial charge in [0.25, 0.3) is 0 Å². The molecule has 222 valence electrons. The first kappa shape index (κ1) is 27.7. The van der Waals surface area contributed by atoms with Gasteiger partial charge in [0.15, 0.2) is 0 Å². The summed E-state index contributed by atoms with van der Waals surface area (Å²) in [5.41, 5.74) is 2.25. The van der Waals surface area contributed by atoms with Crippen LogP contribution in [0.5, 0.6) is 0 Å². The van der Waals surface area contributed by atoms with Crippen molar-refractivity contribution in [3.63, 3.8) is 0 Å². The number of benzene rings is 1. The fourth-order valence-corrected chi connectivity index (χ4v) is 11.4. The van der Waals surface area contributed by atoms with Crippen LogP contribution in [0, 0.1) is 46.3 Å². The van der Waals surface area contributed by atoms with Gasteiger partial charge in [0.2, 0.25) is 5.91 Å². The molecule has 41 heavy (non-hydrogen) atoms. The third-order valence-corrected chi connectivity index (χ3v) is 13.4. The topological polar surface area (TPSA) is 55.8 Å². The molecule has 11 atom stereocenters. The first-order chi connectivity index (χ1) is 19.6. The molecule has 4 aliphatic carbocycles. The maximum atomic E-state index is 12.9. The van der Waals surface area contributed by atoms with Crippen molar-refractivity contribution in [3.05, 3.63) is 47.5 Å². The molecule has 2 heterocycles. The van der Waals surface area contributed by atoms with E-state index < -0.39 is 5.72 Å². The summed E-state index contributed by atoms with van der Waals surface area (Å²) in [5.74, 6) is 3.48. The van der Waals surface area contributed by atoms with E-state index in [0.29, 0.717) is 41.1 Å². The number of piperidine rings is 1. The van der Waals surface area contributed by atoms with Gasteiger partial charge in [0.1, 0.15) is 11.8 Å². The minimum absolute atomic E-state index is 0.0221. The Morgan fingerprint density at radius 3 is 2.54 bits per heavy atom. The molecular weight excluding hydrogens is 510 g/mol. The van der Waals surface area contributed by atoms with Crippen molar-refractivity contribution in [1.29, 1.82) is 0 Å².